The predicted octanol–water partition coefficient (Wildman–Crippen LogP) is 4.27. The summed E-state index contributed by atoms with van der Waals surface area (Å²) in [5.74, 6) is 0.691. The molecule has 1 aromatic carbocycles. The Morgan fingerprint density at radius 1 is 1.12 bits per heavy atom. The van der Waals surface area contributed by atoms with Crippen LogP contribution >= 0.6 is 11.6 Å². The van der Waals surface area contributed by atoms with Crippen LogP contribution in [0.3, 0.4) is 0 Å². The van der Waals surface area contributed by atoms with Crippen molar-refractivity contribution in [1.29, 1.82) is 0 Å². The van der Waals surface area contributed by atoms with Gasteiger partial charge in [0, 0.05) is 11.3 Å². The third kappa shape index (κ3) is 2.56. The number of fused-ring (bicyclic) bond motifs is 3. The van der Waals surface area contributed by atoms with Crippen LogP contribution in [-0.4, -0.2) is 24.5 Å². The summed E-state index contributed by atoms with van der Waals surface area (Å²) >= 11 is 6.44. The van der Waals surface area contributed by atoms with Gasteiger partial charge in [-0.15, -0.1) is 0 Å². The topological polar surface area (TPSA) is 63.3 Å². The molecule has 6 heteroatoms. The molecule has 126 valence electrons. The molecule has 0 aliphatic carbocycles. The van der Waals surface area contributed by atoms with Gasteiger partial charge in [-0.2, -0.15) is 0 Å². The Bertz CT molecular complexity index is 1120. The van der Waals surface area contributed by atoms with E-state index >= 15 is 0 Å². The van der Waals surface area contributed by atoms with Gasteiger partial charge in [-0.3, -0.25) is 4.40 Å². The van der Waals surface area contributed by atoms with Crippen LogP contribution in [0.4, 0.5) is 0 Å². The summed E-state index contributed by atoms with van der Waals surface area (Å²) in [4.78, 5) is 13.9. The second-order valence-electron chi connectivity index (χ2n) is 6.21. The van der Waals surface area contributed by atoms with E-state index in [1.54, 1.807) is 19.2 Å². The van der Waals surface area contributed by atoms with Crippen LogP contribution in [0.5, 0.6) is 0 Å². The number of imidazole rings is 1. The molecule has 25 heavy (non-hydrogen) atoms. The minimum absolute atomic E-state index is 0.576. The number of nitrogens with zero attached hydrogens (tertiary/aromatic N) is 4. The third-order valence-corrected chi connectivity index (χ3v) is 4.67. The minimum Gasteiger partial charge on any atom is -0.389 e. The molecule has 0 aliphatic rings. The van der Waals surface area contributed by atoms with Crippen LogP contribution in [0, 0.1) is 13.8 Å². The number of benzene rings is 1. The molecule has 1 N–H and O–H groups in total. The zero-order chi connectivity index (χ0) is 17.7. The fraction of sp³-hybridized carbons (Fsp3) is 0.211. The maximum atomic E-state index is 9.91. The molecule has 0 bridgehead atoms. The van der Waals surface area contributed by atoms with E-state index in [-0.39, 0.29) is 0 Å². The standard InChI is InChI=1S/C19H17ClN4O/c1-10-4-7-16-19(22-10)24-17(11(2)23-16)9-21-18(24)14-8-13(12(3)25)5-6-15(14)20/h4-9,12,25H,1-3H3. The van der Waals surface area contributed by atoms with Gasteiger partial charge in [0.05, 0.1) is 28.5 Å². The largest absolute Gasteiger partial charge is 0.389 e. The van der Waals surface area contributed by atoms with Crippen molar-refractivity contribution in [3.8, 4) is 11.4 Å². The number of aliphatic hydroxyl groups is 1. The second kappa shape index (κ2) is 5.79. The highest BCUT2D eigenvalue weighted by molar-refractivity contribution is 6.33. The molecule has 0 saturated carbocycles. The van der Waals surface area contributed by atoms with Crippen LogP contribution in [-0.2, 0) is 0 Å². The monoisotopic (exact) mass is 352 g/mol. The third-order valence-electron chi connectivity index (χ3n) is 4.34. The second-order valence-corrected chi connectivity index (χ2v) is 6.62. The summed E-state index contributed by atoms with van der Waals surface area (Å²) in [5.41, 5.74) is 5.76. The summed E-state index contributed by atoms with van der Waals surface area (Å²) in [6.45, 7) is 5.63. The first-order chi connectivity index (χ1) is 12.0. The lowest BCUT2D eigenvalue weighted by Crippen LogP contribution is -2.01. The molecule has 0 amide bonds. The van der Waals surface area contributed by atoms with Gasteiger partial charge in [-0.05, 0) is 50.6 Å². The van der Waals surface area contributed by atoms with E-state index in [1.165, 1.54) is 0 Å². The lowest BCUT2D eigenvalue weighted by Gasteiger charge is -2.11. The van der Waals surface area contributed by atoms with Crippen molar-refractivity contribution in [3.05, 3.63) is 58.5 Å². The molecule has 3 aromatic heterocycles. The molecule has 1 atom stereocenters. The fourth-order valence-electron chi connectivity index (χ4n) is 3.01. The van der Waals surface area contributed by atoms with Crippen LogP contribution in [0.2, 0.25) is 5.02 Å². The summed E-state index contributed by atoms with van der Waals surface area (Å²) in [5, 5.41) is 10.5. The summed E-state index contributed by atoms with van der Waals surface area (Å²) in [7, 11) is 0. The van der Waals surface area contributed by atoms with Gasteiger partial charge in [0.15, 0.2) is 5.65 Å². The number of aromatic nitrogens is 4. The average molecular weight is 353 g/mol. The van der Waals surface area contributed by atoms with Crippen molar-refractivity contribution in [3.63, 3.8) is 0 Å². The van der Waals surface area contributed by atoms with Gasteiger partial charge in [0.1, 0.15) is 11.3 Å². The normalized spacial score (nSPS) is 12.8. The highest BCUT2D eigenvalue weighted by Gasteiger charge is 2.17. The zero-order valence-electron chi connectivity index (χ0n) is 14.2. The quantitative estimate of drug-likeness (QED) is 0.585. The first-order valence-corrected chi connectivity index (χ1v) is 8.43. The van der Waals surface area contributed by atoms with Gasteiger partial charge in [0.25, 0.3) is 0 Å². The Hall–Kier alpha value is -2.50. The Kier molecular flexibility index (Phi) is 3.71. The molecule has 0 radical (unpaired) electrons. The highest BCUT2D eigenvalue weighted by atomic mass is 35.5. The van der Waals surface area contributed by atoms with Crippen molar-refractivity contribution in [2.45, 2.75) is 26.9 Å². The van der Waals surface area contributed by atoms with Gasteiger partial charge in [-0.1, -0.05) is 17.7 Å². The van der Waals surface area contributed by atoms with Crippen molar-refractivity contribution in [2.75, 3.05) is 0 Å². The van der Waals surface area contributed by atoms with Crippen LogP contribution in [0.15, 0.2) is 36.5 Å². The van der Waals surface area contributed by atoms with Crippen molar-refractivity contribution >= 4 is 28.3 Å². The first kappa shape index (κ1) is 16.0. The number of hydrogen-bond acceptors (Lipinski definition) is 4. The molecule has 4 aromatic rings. The number of aryl methyl sites for hydroxylation is 2. The van der Waals surface area contributed by atoms with E-state index < -0.39 is 6.10 Å². The minimum atomic E-state index is -0.581. The van der Waals surface area contributed by atoms with Crippen molar-refractivity contribution in [1.82, 2.24) is 19.4 Å². The van der Waals surface area contributed by atoms with Gasteiger partial charge >= 0.3 is 0 Å². The number of hydrogen-bond donors (Lipinski definition) is 1. The van der Waals surface area contributed by atoms with Crippen molar-refractivity contribution in [2.24, 2.45) is 0 Å². The molecule has 0 saturated heterocycles. The predicted molar refractivity (Wildman–Crippen MR) is 98.8 cm³/mol. The summed E-state index contributed by atoms with van der Waals surface area (Å²) in [6.07, 6.45) is 1.20. The number of aliphatic hydroxyl groups excluding tert-OH is 1. The van der Waals surface area contributed by atoms with E-state index in [2.05, 4.69) is 15.0 Å². The SMILES string of the molecule is Cc1ccc2nc(C)c3cnc(-c4cc(C(C)O)ccc4Cl)n3c2n1. The van der Waals surface area contributed by atoms with Crippen LogP contribution in [0.1, 0.15) is 30.0 Å². The Morgan fingerprint density at radius 2 is 1.92 bits per heavy atom. The number of halogens is 1. The molecule has 0 aliphatic heterocycles. The molecule has 5 nitrogen and oxygen atoms in total. The molecular formula is C19H17ClN4O. The highest BCUT2D eigenvalue weighted by Crippen LogP contribution is 2.32. The van der Waals surface area contributed by atoms with E-state index in [0.717, 1.165) is 39.2 Å². The number of rotatable bonds is 2. The van der Waals surface area contributed by atoms with E-state index in [9.17, 15) is 5.11 Å². The Balaban J connectivity index is 2.12. The molecular weight excluding hydrogens is 336 g/mol. The van der Waals surface area contributed by atoms with Gasteiger partial charge in [0.2, 0.25) is 0 Å². The van der Waals surface area contributed by atoms with Crippen LogP contribution < -0.4 is 0 Å². The maximum Gasteiger partial charge on any atom is 0.165 e. The van der Waals surface area contributed by atoms with Crippen LogP contribution in [0.25, 0.3) is 28.1 Å². The lowest BCUT2D eigenvalue weighted by molar-refractivity contribution is 0.199. The van der Waals surface area contributed by atoms with Gasteiger partial charge < -0.3 is 5.11 Å². The van der Waals surface area contributed by atoms with Crippen molar-refractivity contribution < 1.29 is 5.11 Å². The molecule has 0 spiro atoms. The molecule has 1 unspecified atom stereocenters. The summed E-state index contributed by atoms with van der Waals surface area (Å²) in [6, 6.07) is 9.38. The molecule has 4 rings (SSSR count). The lowest BCUT2D eigenvalue weighted by atomic mass is 10.1. The maximum absolute atomic E-state index is 9.91. The first-order valence-electron chi connectivity index (χ1n) is 8.05. The fourth-order valence-corrected chi connectivity index (χ4v) is 3.21. The van der Waals surface area contributed by atoms with Gasteiger partial charge in [-0.25, -0.2) is 15.0 Å². The Morgan fingerprint density at radius 3 is 2.68 bits per heavy atom. The molecule has 0 fully saturated rings. The smallest absolute Gasteiger partial charge is 0.165 e. The van der Waals surface area contributed by atoms with E-state index in [4.69, 9.17) is 11.6 Å². The summed E-state index contributed by atoms with van der Waals surface area (Å²) < 4.78 is 1.98. The van der Waals surface area contributed by atoms with E-state index in [1.807, 2.05) is 42.5 Å². The Labute approximate surface area is 150 Å². The average Bonchev–Trinajstić information content (AvgIpc) is 3.01. The number of pyridine rings is 1. The molecule has 3 heterocycles. The zero-order valence-corrected chi connectivity index (χ0v) is 14.9. The van der Waals surface area contributed by atoms with E-state index in [0.29, 0.717) is 10.8 Å².